The highest BCUT2D eigenvalue weighted by atomic mass is 19.1. The van der Waals surface area contributed by atoms with Crippen LogP contribution in [0.2, 0.25) is 0 Å². The third kappa shape index (κ3) is 5.08. The Bertz CT molecular complexity index is 571. The largest absolute Gasteiger partial charge is 0.480 e. The first kappa shape index (κ1) is 16.4. The summed E-state index contributed by atoms with van der Waals surface area (Å²) in [5, 5.41) is 19.9. The van der Waals surface area contributed by atoms with Gasteiger partial charge in [0.1, 0.15) is 18.4 Å². The number of aliphatic carboxylic acids is 1. The number of halogens is 1. The molecular weight excluding hydrogens is 281 g/mol. The molecule has 0 atom stereocenters. The minimum atomic E-state index is -1.17. The van der Waals surface area contributed by atoms with E-state index in [0.29, 0.717) is 0 Å². The van der Waals surface area contributed by atoms with Gasteiger partial charge in [0.2, 0.25) is 0 Å². The Morgan fingerprint density at radius 2 is 2.24 bits per heavy atom. The number of nitrogens with zero attached hydrogens (tertiary/aromatic N) is 2. The summed E-state index contributed by atoms with van der Waals surface area (Å²) in [7, 11) is 1.43. The second kappa shape index (κ2) is 7.81. The molecule has 1 aromatic rings. The zero-order valence-corrected chi connectivity index (χ0v) is 11.3. The van der Waals surface area contributed by atoms with E-state index in [1.54, 1.807) is 6.07 Å². The molecule has 0 saturated heterocycles. The monoisotopic (exact) mass is 295 g/mol. The summed E-state index contributed by atoms with van der Waals surface area (Å²) in [6.45, 7) is -0.240. The quantitative estimate of drug-likeness (QED) is 0.822. The summed E-state index contributed by atoms with van der Waals surface area (Å²) in [5.41, 5.74) is -0.0137. The lowest BCUT2D eigenvalue weighted by molar-refractivity contribution is -0.137. The number of amides is 2. The number of hydrogen-bond acceptors (Lipinski definition) is 4. The first-order valence-electron chi connectivity index (χ1n) is 5.94. The second-order valence-corrected chi connectivity index (χ2v) is 4.04. The van der Waals surface area contributed by atoms with Crippen LogP contribution in [0.1, 0.15) is 5.56 Å². The fourth-order valence-corrected chi connectivity index (χ4v) is 1.51. The Hall–Kier alpha value is -2.66. The molecule has 0 aliphatic carbocycles. The molecule has 0 aromatic heterocycles. The maximum atomic E-state index is 13.2. The number of nitrogens with one attached hydrogen (secondary N) is 1. The lowest BCUT2D eigenvalue weighted by Gasteiger charge is -2.20. The van der Waals surface area contributed by atoms with Crippen LogP contribution in [0.3, 0.4) is 0 Å². The van der Waals surface area contributed by atoms with Gasteiger partial charge in [-0.25, -0.2) is 9.18 Å². The molecule has 0 aliphatic heterocycles. The number of carbonyl (C=O) groups excluding carboxylic acids is 1. The standard InChI is InChI=1S/C13H14FN3O4/c1-21-5-4-17(8-12(18)19)13(20)16-10-2-3-11(14)9(6-10)7-15/h2-3,6H,4-5,8H2,1H3,(H,16,20)(H,18,19). The van der Waals surface area contributed by atoms with Crippen molar-refractivity contribution in [3.05, 3.63) is 29.6 Å². The number of hydrogen-bond donors (Lipinski definition) is 2. The molecule has 0 bridgehead atoms. The molecule has 8 heteroatoms. The van der Waals surface area contributed by atoms with Crippen molar-refractivity contribution in [3.8, 4) is 6.07 Å². The maximum absolute atomic E-state index is 13.2. The number of ether oxygens (including phenoxy) is 1. The van der Waals surface area contributed by atoms with Crippen LogP contribution >= 0.6 is 0 Å². The van der Waals surface area contributed by atoms with Gasteiger partial charge in [0, 0.05) is 19.3 Å². The lowest BCUT2D eigenvalue weighted by atomic mass is 10.2. The van der Waals surface area contributed by atoms with Crippen molar-refractivity contribution in [1.29, 1.82) is 5.26 Å². The first-order chi connectivity index (χ1) is 9.97. The van der Waals surface area contributed by atoms with Gasteiger partial charge in [-0.15, -0.1) is 0 Å². The summed E-state index contributed by atoms with van der Waals surface area (Å²) in [5.74, 6) is -1.87. The smallest absolute Gasteiger partial charge is 0.323 e. The van der Waals surface area contributed by atoms with Crippen molar-refractivity contribution in [2.24, 2.45) is 0 Å². The van der Waals surface area contributed by atoms with Gasteiger partial charge in [0.15, 0.2) is 0 Å². The fourth-order valence-electron chi connectivity index (χ4n) is 1.51. The van der Waals surface area contributed by atoms with Crippen molar-refractivity contribution in [2.45, 2.75) is 0 Å². The lowest BCUT2D eigenvalue weighted by Crippen LogP contribution is -2.40. The summed E-state index contributed by atoms with van der Waals surface area (Å²) >= 11 is 0. The molecule has 112 valence electrons. The summed E-state index contributed by atoms with van der Waals surface area (Å²) in [6.07, 6.45) is 0. The first-order valence-corrected chi connectivity index (χ1v) is 5.94. The van der Waals surface area contributed by atoms with Crippen LogP contribution in [-0.2, 0) is 9.53 Å². The van der Waals surface area contributed by atoms with Gasteiger partial charge in [-0.3, -0.25) is 4.79 Å². The van der Waals surface area contributed by atoms with E-state index in [0.717, 1.165) is 11.0 Å². The van der Waals surface area contributed by atoms with Crippen molar-refractivity contribution < 1.29 is 23.8 Å². The zero-order valence-electron chi connectivity index (χ0n) is 11.3. The van der Waals surface area contributed by atoms with E-state index in [4.69, 9.17) is 15.1 Å². The molecule has 2 amide bonds. The van der Waals surface area contributed by atoms with E-state index < -0.39 is 24.4 Å². The number of carbonyl (C=O) groups is 2. The van der Waals surface area contributed by atoms with Crippen LogP contribution in [-0.4, -0.2) is 48.8 Å². The van der Waals surface area contributed by atoms with E-state index in [-0.39, 0.29) is 24.4 Å². The molecule has 0 unspecified atom stereocenters. The highest BCUT2D eigenvalue weighted by molar-refractivity contribution is 5.91. The van der Waals surface area contributed by atoms with Crippen LogP contribution in [0, 0.1) is 17.1 Å². The number of benzene rings is 1. The highest BCUT2D eigenvalue weighted by Crippen LogP contribution is 2.14. The van der Waals surface area contributed by atoms with Gasteiger partial charge < -0.3 is 20.1 Å². The number of carboxylic acid groups (broad SMARTS) is 1. The normalized spacial score (nSPS) is 9.76. The molecule has 0 heterocycles. The Kier molecular flexibility index (Phi) is 6.10. The molecule has 2 N–H and O–H groups in total. The van der Waals surface area contributed by atoms with Gasteiger partial charge in [0.25, 0.3) is 0 Å². The van der Waals surface area contributed by atoms with Gasteiger partial charge >= 0.3 is 12.0 Å². The molecule has 0 fully saturated rings. The van der Waals surface area contributed by atoms with E-state index in [2.05, 4.69) is 5.32 Å². The SMILES string of the molecule is COCCN(CC(=O)O)C(=O)Nc1ccc(F)c(C#N)c1. The van der Waals surface area contributed by atoms with Gasteiger partial charge in [-0.05, 0) is 18.2 Å². The number of methoxy groups -OCH3 is 1. The summed E-state index contributed by atoms with van der Waals surface area (Å²) in [6, 6.07) is 4.47. The summed E-state index contributed by atoms with van der Waals surface area (Å²) in [4.78, 5) is 23.7. The zero-order chi connectivity index (χ0) is 15.8. The Morgan fingerprint density at radius 1 is 1.52 bits per heavy atom. The van der Waals surface area contributed by atoms with Gasteiger partial charge in [-0.1, -0.05) is 0 Å². The maximum Gasteiger partial charge on any atom is 0.323 e. The molecule has 0 spiro atoms. The number of rotatable bonds is 6. The number of urea groups is 1. The van der Waals surface area contributed by atoms with Crippen LogP contribution < -0.4 is 5.32 Å². The van der Waals surface area contributed by atoms with Crippen molar-refractivity contribution in [2.75, 3.05) is 32.1 Å². The number of anilines is 1. The van der Waals surface area contributed by atoms with Crippen molar-refractivity contribution >= 4 is 17.7 Å². The van der Waals surface area contributed by atoms with Crippen LogP contribution in [0.25, 0.3) is 0 Å². The van der Waals surface area contributed by atoms with Crippen molar-refractivity contribution in [1.82, 2.24) is 4.90 Å². The third-order valence-electron chi connectivity index (χ3n) is 2.52. The van der Waals surface area contributed by atoms with E-state index in [9.17, 15) is 14.0 Å². The van der Waals surface area contributed by atoms with Crippen LogP contribution in [0.15, 0.2) is 18.2 Å². The van der Waals surface area contributed by atoms with Crippen molar-refractivity contribution in [3.63, 3.8) is 0 Å². The topological polar surface area (TPSA) is 103 Å². The predicted octanol–water partition coefficient (Wildman–Crippen LogP) is 1.26. The molecular formula is C13H14FN3O4. The second-order valence-electron chi connectivity index (χ2n) is 4.04. The molecule has 0 aliphatic rings. The number of nitriles is 1. The predicted molar refractivity (Wildman–Crippen MR) is 71.2 cm³/mol. The molecule has 0 radical (unpaired) electrons. The Labute approximate surface area is 120 Å². The average Bonchev–Trinajstić information content (AvgIpc) is 2.44. The Balaban J connectivity index is 2.80. The van der Waals surface area contributed by atoms with E-state index >= 15 is 0 Å². The van der Waals surface area contributed by atoms with Gasteiger partial charge in [-0.2, -0.15) is 5.26 Å². The molecule has 0 saturated carbocycles. The molecule has 7 nitrogen and oxygen atoms in total. The fraction of sp³-hybridized carbons (Fsp3) is 0.308. The number of carboxylic acids is 1. The third-order valence-corrected chi connectivity index (χ3v) is 2.52. The van der Waals surface area contributed by atoms with E-state index in [1.165, 1.54) is 19.2 Å². The average molecular weight is 295 g/mol. The minimum Gasteiger partial charge on any atom is -0.480 e. The minimum absolute atomic E-state index is 0.0843. The van der Waals surface area contributed by atoms with Gasteiger partial charge in [0.05, 0.1) is 12.2 Å². The molecule has 21 heavy (non-hydrogen) atoms. The molecule has 1 aromatic carbocycles. The van der Waals surface area contributed by atoms with Crippen LogP contribution in [0.5, 0.6) is 0 Å². The molecule has 1 rings (SSSR count). The Morgan fingerprint density at radius 3 is 2.81 bits per heavy atom. The van der Waals surface area contributed by atoms with E-state index in [1.807, 2.05) is 0 Å². The highest BCUT2D eigenvalue weighted by Gasteiger charge is 2.17. The van der Waals surface area contributed by atoms with Crippen LogP contribution in [0.4, 0.5) is 14.9 Å². The summed E-state index contributed by atoms with van der Waals surface area (Å²) < 4.78 is 18.0.